The Bertz CT molecular complexity index is 1580. The van der Waals surface area contributed by atoms with Gasteiger partial charge < -0.3 is 15.0 Å². The number of esters is 1. The lowest BCUT2D eigenvalue weighted by Crippen LogP contribution is -2.12. The number of nitroso groups, excluding NO2 is 1. The van der Waals surface area contributed by atoms with Gasteiger partial charge in [0.15, 0.2) is 0 Å². The van der Waals surface area contributed by atoms with Crippen molar-refractivity contribution in [3.8, 4) is 17.1 Å². The predicted molar refractivity (Wildman–Crippen MR) is 136 cm³/mol. The molecular weight excluding hydrogens is 458 g/mol. The number of nitrogens with zero attached hydrogens (tertiary/aromatic N) is 3. The fraction of sp³-hybridized carbons (Fsp3) is 0.0370. The molecule has 5 aromatic rings. The van der Waals surface area contributed by atoms with Gasteiger partial charge in [-0.2, -0.15) is 0 Å². The van der Waals surface area contributed by atoms with Crippen LogP contribution in [0, 0.1) is 4.91 Å². The molecule has 9 heteroatoms. The first-order valence-corrected chi connectivity index (χ1v) is 11.0. The number of hydrogen-bond donors (Lipinski definition) is 2. The second kappa shape index (κ2) is 9.59. The standard InChI is InChI=1S/C27H19N5O4/c1-17(33)36-22-12-10-21(11-13-22)32(35)20-8-5-18(6-9-20)26-29-23-14-7-19(16-24(23)30-26)27(34)31-25-4-2-3-15-28-25/h2-16H,1H3,(H-,28,29,30,31,34,35)/p+1. The maximum Gasteiger partial charge on any atom is 0.308 e. The maximum atomic E-state index is 12.7. The Labute approximate surface area is 205 Å². The van der Waals surface area contributed by atoms with Gasteiger partial charge in [-0.25, -0.2) is 9.97 Å². The lowest BCUT2D eigenvalue weighted by Gasteiger charge is -2.03. The number of aromatic amines is 1. The summed E-state index contributed by atoms with van der Waals surface area (Å²) in [6.07, 6.45) is 1.61. The number of aromatic nitrogens is 3. The van der Waals surface area contributed by atoms with Gasteiger partial charge in [0.25, 0.3) is 17.3 Å². The number of carbonyl (C=O) groups is 2. The summed E-state index contributed by atoms with van der Waals surface area (Å²) in [6.45, 7) is 1.32. The van der Waals surface area contributed by atoms with E-state index in [4.69, 9.17) is 4.74 Å². The highest BCUT2D eigenvalue weighted by molar-refractivity contribution is 6.05. The minimum atomic E-state index is -0.424. The molecular formula is C27H20N5O4+. The molecule has 36 heavy (non-hydrogen) atoms. The molecule has 176 valence electrons. The number of ether oxygens (including phenoxy) is 1. The van der Waals surface area contributed by atoms with E-state index in [-0.39, 0.29) is 5.91 Å². The van der Waals surface area contributed by atoms with Crippen LogP contribution in [-0.2, 0) is 4.79 Å². The molecule has 0 spiro atoms. The Balaban J connectivity index is 1.32. The summed E-state index contributed by atoms with van der Waals surface area (Å²) >= 11 is 0. The van der Waals surface area contributed by atoms with Gasteiger partial charge in [0, 0.05) is 53.4 Å². The van der Waals surface area contributed by atoms with Gasteiger partial charge in [0.1, 0.15) is 17.4 Å². The minimum absolute atomic E-state index is 0.271. The van der Waals surface area contributed by atoms with Gasteiger partial charge in [-0.15, -0.1) is 0 Å². The summed E-state index contributed by atoms with van der Waals surface area (Å²) in [6, 6.07) is 23.8. The molecule has 0 fully saturated rings. The molecule has 0 radical (unpaired) electrons. The van der Waals surface area contributed by atoms with E-state index in [0.29, 0.717) is 45.4 Å². The van der Waals surface area contributed by atoms with Crippen molar-refractivity contribution >= 4 is 40.1 Å². The van der Waals surface area contributed by atoms with E-state index in [2.05, 4.69) is 20.3 Å². The van der Waals surface area contributed by atoms with Crippen LogP contribution < -0.4 is 14.8 Å². The van der Waals surface area contributed by atoms with Gasteiger partial charge in [-0.3, -0.25) is 9.59 Å². The fourth-order valence-corrected chi connectivity index (χ4v) is 3.63. The van der Waals surface area contributed by atoms with E-state index >= 15 is 0 Å². The number of pyridine rings is 1. The van der Waals surface area contributed by atoms with Crippen molar-refractivity contribution in [3.63, 3.8) is 0 Å². The highest BCUT2D eigenvalue weighted by atomic mass is 16.5. The number of carbonyl (C=O) groups excluding carboxylic acids is 2. The summed E-state index contributed by atoms with van der Waals surface area (Å²) in [7, 11) is 0. The van der Waals surface area contributed by atoms with E-state index in [0.717, 1.165) is 10.3 Å². The van der Waals surface area contributed by atoms with Crippen LogP contribution in [0.25, 0.3) is 22.4 Å². The van der Waals surface area contributed by atoms with E-state index in [1.54, 1.807) is 91.1 Å². The van der Waals surface area contributed by atoms with Crippen LogP contribution in [0.3, 0.4) is 0 Å². The number of fused-ring (bicyclic) bond motifs is 1. The lowest BCUT2D eigenvalue weighted by atomic mass is 10.2. The number of amides is 1. The molecule has 2 N–H and O–H groups in total. The zero-order chi connectivity index (χ0) is 25.1. The Morgan fingerprint density at radius 3 is 2.31 bits per heavy atom. The predicted octanol–water partition coefficient (Wildman–Crippen LogP) is 5.40. The number of rotatable bonds is 6. The highest BCUT2D eigenvalue weighted by Gasteiger charge is 2.18. The molecule has 3 aromatic carbocycles. The summed E-state index contributed by atoms with van der Waals surface area (Å²) in [4.78, 5) is 48.3. The first-order valence-electron chi connectivity index (χ1n) is 11.0. The molecule has 2 heterocycles. The van der Waals surface area contributed by atoms with Crippen LogP contribution in [-0.4, -0.2) is 26.8 Å². The number of benzene rings is 3. The van der Waals surface area contributed by atoms with Crippen LogP contribution in [0.2, 0.25) is 0 Å². The van der Waals surface area contributed by atoms with Crippen LogP contribution in [0.5, 0.6) is 5.75 Å². The van der Waals surface area contributed by atoms with Gasteiger partial charge in [0.05, 0.1) is 15.8 Å². The minimum Gasteiger partial charge on any atom is -0.427 e. The fourth-order valence-electron chi connectivity index (χ4n) is 3.63. The van der Waals surface area contributed by atoms with Gasteiger partial charge in [-0.05, 0) is 54.6 Å². The smallest absolute Gasteiger partial charge is 0.308 e. The van der Waals surface area contributed by atoms with Crippen molar-refractivity contribution in [1.29, 1.82) is 0 Å². The summed E-state index contributed by atoms with van der Waals surface area (Å²) in [5.41, 5.74) is 3.51. The Morgan fingerprint density at radius 2 is 1.64 bits per heavy atom. The van der Waals surface area contributed by atoms with Crippen LogP contribution in [0.15, 0.2) is 91.1 Å². The molecule has 1 amide bonds. The summed E-state index contributed by atoms with van der Waals surface area (Å²) in [5.74, 6) is 0.763. The number of anilines is 1. The number of hydrogen-bond acceptors (Lipinski definition) is 6. The topological polar surface area (TPSA) is 117 Å². The van der Waals surface area contributed by atoms with Crippen molar-refractivity contribution in [2.45, 2.75) is 6.92 Å². The van der Waals surface area contributed by atoms with E-state index in [9.17, 15) is 14.5 Å². The van der Waals surface area contributed by atoms with Crippen molar-refractivity contribution in [1.82, 2.24) is 19.7 Å². The van der Waals surface area contributed by atoms with Crippen molar-refractivity contribution in [2.75, 3.05) is 5.32 Å². The highest BCUT2D eigenvalue weighted by Crippen LogP contribution is 2.27. The number of imidazole rings is 1. The van der Waals surface area contributed by atoms with E-state index in [1.165, 1.54) is 6.92 Å². The molecule has 9 nitrogen and oxygen atoms in total. The monoisotopic (exact) mass is 478 g/mol. The lowest BCUT2D eigenvalue weighted by molar-refractivity contribution is -0.131. The largest absolute Gasteiger partial charge is 0.427 e. The zero-order valence-electron chi connectivity index (χ0n) is 19.1. The number of H-pyrrole nitrogens is 1. The molecule has 0 bridgehead atoms. The molecule has 0 unspecified atom stereocenters. The van der Waals surface area contributed by atoms with E-state index in [1.807, 2.05) is 0 Å². The Morgan fingerprint density at radius 1 is 0.917 bits per heavy atom. The number of nitrogens with one attached hydrogen (secondary N) is 2. The van der Waals surface area contributed by atoms with E-state index < -0.39 is 5.97 Å². The zero-order valence-corrected chi connectivity index (χ0v) is 19.1. The molecule has 2 aromatic heterocycles. The summed E-state index contributed by atoms with van der Waals surface area (Å²) in [5, 5.41) is 2.76. The molecule has 0 aliphatic rings. The third-order valence-electron chi connectivity index (χ3n) is 5.36. The molecule has 5 rings (SSSR count). The van der Waals surface area contributed by atoms with Gasteiger partial charge in [-0.1, -0.05) is 6.07 Å². The molecule has 0 saturated carbocycles. The van der Waals surface area contributed by atoms with Crippen molar-refractivity contribution in [3.05, 3.63) is 102 Å². The quantitative estimate of drug-likeness (QED) is 0.192. The first-order chi connectivity index (χ1) is 17.5. The average Bonchev–Trinajstić information content (AvgIpc) is 3.33. The Kier molecular flexibility index (Phi) is 6.02. The molecule has 0 aliphatic heterocycles. The average molecular weight is 478 g/mol. The van der Waals surface area contributed by atoms with Gasteiger partial charge in [0.2, 0.25) is 0 Å². The van der Waals surface area contributed by atoms with Crippen molar-refractivity contribution in [2.24, 2.45) is 0 Å². The normalized spacial score (nSPS) is 10.7. The second-order valence-electron chi connectivity index (χ2n) is 7.92. The maximum absolute atomic E-state index is 12.7. The van der Waals surface area contributed by atoms with Gasteiger partial charge >= 0.3 is 5.97 Å². The molecule has 0 atom stereocenters. The molecule has 0 saturated heterocycles. The van der Waals surface area contributed by atoms with Crippen LogP contribution >= 0.6 is 0 Å². The molecule has 0 aliphatic carbocycles. The SMILES string of the molecule is CC(=O)Oc1ccc([N+](=O)c2ccc(-c3nc4ccc(C(=O)Nc5ccccn5)cc4[nH]3)cc2)cc1. The second-order valence-corrected chi connectivity index (χ2v) is 7.92. The third kappa shape index (κ3) is 4.85. The first kappa shape index (κ1) is 22.6. The third-order valence-corrected chi connectivity index (χ3v) is 5.36. The Hall–Kier alpha value is -5.18. The van der Waals surface area contributed by atoms with Crippen molar-refractivity contribution < 1.29 is 14.3 Å². The summed E-state index contributed by atoms with van der Waals surface area (Å²) < 4.78 is 5.78. The van der Waals surface area contributed by atoms with Crippen LogP contribution in [0.1, 0.15) is 17.3 Å². The van der Waals surface area contributed by atoms with Crippen LogP contribution in [0.4, 0.5) is 17.2 Å².